The summed E-state index contributed by atoms with van der Waals surface area (Å²) in [4.78, 5) is 22.4. The molecule has 0 saturated heterocycles. The van der Waals surface area contributed by atoms with E-state index in [0.29, 0.717) is 11.5 Å². The molecule has 2 aromatic rings. The van der Waals surface area contributed by atoms with E-state index in [0.717, 1.165) is 24.0 Å². The van der Waals surface area contributed by atoms with Gasteiger partial charge in [-0.25, -0.2) is 0 Å². The van der Waals surface area contributed by atoms with E-state index in [1.807, 2.05) is 48.5 Å². The fraction of sp³-hybridized carbons (Fsp3) is 0.360. The summed E-state index contributed by atoms with van der Waals surface area (Å²) in [7, 11) is 0. The van der Waals surface area contributed by atoms with Gasteiger partial charge < -0.3 is 9.47 Å². The third-order valence-corrected chi connectivity index (χ3v) is 5.12. The van der Waals surface area contributed by atoms with Crippen molar-refractivity contribution >= 4 is 17.5 Å². The first-order valence-corrected chi connectivity index (χ1v) is 10.3. The quantitative estimate of drug-likeness (QED) is 0.467. The minimum absolute atomic E-state index is 0.322. The summed E-state index contributed by atoms with van der Waals surface area (Å²) in [6.45, 7) is 2.81. The normalized spacial score (nSPS) is 14.5. The van der Waals surface area contributed by atoms with Crippen molar-refractivity contribution in [1.29, 1.82) is 0 Å². The number of carbonyl (C=O) groups is 2. The van der Waals surface area contributed by atoms with Crippen LogP contribution in [0.2, 0.25) is 0 Å². The fourth-order valence-electron chi connectivity index (χ4n) is 3.87. The van der Waals surface area contributed by atoms with Crippen molar-refractivity contribution in [3.63, 3.8) is 0 Å². The second kappa shape index (κ2) is 10.1. The Labute approximate surface area is 172 Å². The summed E-state index contributed by atoms with van der Waals surface area (Å²) in [6, 6.07) is 15.4. The van der Waals surface area contributed by atoms with Crippen LogP contribution in [0.5, 0.6) is 11.5 Å². The highest BCUT2D eigenvalue weighted by Gasteiger charge is 2.15. The van der Waals surface area contributed by atoms with Crippen molar-refractivity contribution in [2.45, 2.75) is 58.8 Å². The first-order valence-electron chi connectivity index (χ1n) is 10.3. The van der Waals surface area contributed by atoms with Gasteiger partial charge in [0.15, 0.2) is 0 Å². The molecule has 0 aliphatic heterocycles. The standard InChI is InChI=1S/C25H28O4/c1-18(26)28-23-14-10-21(11-15-23)25(20-8-6-4-3-5-7-9-20)22-12-16-24(17-13-22)29-19(2)27/h10-17H,3-9H2,1-2H3. The zero-order chi connectivity index (χ0) is 20.6. The predicted molar refractivity (Wildman–Crippen MR) is 114 cm³/mol. The molecule has 1 fully saturated rings. The van der Waals surface area contributed by atoms with Gasteiger partial charge in [-0.2, -0.15) is 0 Å². The maximum Gasteiger partial charge on any atom is 0.308 e. The van der Waals surface area contributed by atoms with Crippen LogP contribution in [0.4, 0.5) is 0 Å². The molecule has 4 heteroatoms. The molecular weight excluding hydrogens is 364 g/mol. The van der Waals surface area contributed by atoms with Crippen molar-refractivity contribution in [2.24, 2.45) is 0 Å². The minimum atomic E-state index is -0.322. The number of allylic oxidation sites excluding steroid dienone is 1. The lowest BCUT2D eigenvalue weighted by Gasteiger charge is -2.19. The Bertz CT molecular complexity index is 805. The smallest absolute Gasteiger partial charge is 0.308 e. The highest BCUT2D eigenvalue weighted by molar-refractivity contribution is 5.83. The second-order valence-electron chi connectivity index (χ2n) is 7.48. The van der Waals surface area contributed by atoms with Gasteiger partial charge in [-0.05, 0) is 66.6 Å². The average molecular weight is 392 g/mol. The van der Waals surface area contributed by atoms with Crippen LogP contribution in [0, 0.1) is 0 Å². The van der Waals surface area contributed by atoms with Crippen molar-refractivity contribution in [3.8, 4) is 11.5 Å². The Morgan fingerprint density at radius 2 is 1.00 bits per heavy atom. The Morgan fingerprint density at radius 1 is 0.621 bits per heavy atom. The Kier molecular flexibility index (Phi) is 7.23. The lowest BCUT2D eigenvalue weighted by molar-refractivity contribution is -0.132. The largest absolute Gasteiger partial charge is 0.427 e. The van der Waals surface area contributed by atoms with Crippen LogP contribution < -0.4 is 9.47 Å². The third kappa shape index (κ3) is 6.05. The van der Waals surface area contributed by atoms with Crippen LogP contribution in [0.3, 0.4) is 0 Å². The average Bonchev–Trinajstić information content (AvgIpc) is 2.65. The highest BCUT2D eigenvalue weighted by Crippen LogP contribution is 2.35. The van der Waals surface area contributed by atoms with Crippen molar-refractivity contribution in [2.75, 3.05) is 0 Å². The summed E-state index contributed by atoms with van der Waals surface area (Å²) in [5.74, 6) is 0.455. The molecule has 29 heavy (non-hydrogen) atoms. The Hall–Kier alpha value is -2.88. The van der Waals surface area contributed by atoms with Gasteiger partial charge in [0.1, 0.15) is 11.5 Å². The summed E-state index contributed by atoms with van der Waals surface area (Å²) < 4.78 is 10.4. The third-order valence-electron chi connectivity index (χ3n) is 5.12. The van der Waals surface area contributed by atoms with Crippen LogP contribution in [-0.2, 0) is 9.59 Å². The first-order chi connectivity index (χ1) is 14.0. The summed E-state index contributed by atoms with van der Waals surface area (Å²) in [6.07, 6.45) is 8.45. The monoisotopic (exact) mass is 392 g/mol. The highest BCUT2D eigenvalue weighted by atomic mass is 16.5. The molecule has 1 aliphatic rings. The molecule has 1 aliphatic carbocycles. The lowest BCUT2D eigenvalue weighted by Crippen LogP contribution is -2.03. The van der Waals surface area contributed by atoms with E-state index in [4.69, 9.17) is 9.47 Å². The number of hydrogen-bond donors (Lipinski definition) is 0. The fourth-order valence-corrected chi connectivity index (χ4v) is 3.87. The van der Waals surface area contributed by atoms with Crippen molar-refractivity contribution in [1.82, 2.24) is 0 Å². The number of ether oxygens (including phenoxy) is 2. The lowest BCUT2D eigenvalue weighted by atomic mass is 9.86. The summed E-state index contributed by atoms with van der Waals surface area (Å²) in [5.41, 5.74) is 4.91. The molecule has 0 N–H and O–H groups in total. The van der Waals surface area contributed by atoms with E-state index < -0.39 is 0 Å². The maximum absolute atomic E-state index is 11.2. The minimum Gasteiger partial charge on any atom is -0.427 e. The van der Waals surface area contributed by atoms with Gasteiger partial charge in [0.2, 0.25) is 0 Å². The van der Waals surface area contributed by atoms with Gasteiger partial charge in [0.25, 0.3) is 0 Å². The number of rotatable bonds is 4. The number of carbonyl (C=O) groups excluding carboxylic acids is 2. The molecule has 0 radical (unpaired) electrons. The van der Waals surface area contributed by atoms with Gasteiger partial charge in [-0.3, -0.25) is 9.59 Å². The molecule has 1 saturated carbocycles. The molecule has 4 nitrogen and oxygen atoms in total. The zero-order valence-electron chi connectivity index (χ0n) is 17.2. The summed E-state index contributed by atoms with van der Waals surface area (Å²) >= 11 is 0. The van der Waals surface area contributed by atoms with Crippen LogP contribution in [0.1, 0.15) is 69.9 Å². The van der Waals surface area contributed by atoms with E-state index in [-0.39, 0.29) is 11.9 Å². The van der Waals surface area contributed by atoms with Gasteiger partial charge in [0.05, 0.1) is 0 Å². The number of hydrogen-bond acceptors (Lipinski definition) is 4. The zero-order valence-corrected chi connectivity index (χ0v) is 17.2. The number of esters is 2. The van der Waals surface area contributed by atoms with E-state index in [1.54, 1.807) is 0 Å². The Morgan fingerprint density at radius 3 is 1.38 bits per heavy atom. The second-order valence-corrected chi connectivity index (χ2v) is 7.48. The molecule has 0 aromatic heterocycles. The summed E-state index contributed by atoms with van der Waals surface area (Å²) in [5, 5.41) is 0. The van der Waals surface area contributed by atoms with Crippen molar-refractivity contribution < 1.29 is 19.1 Å². The molecule has 0 spiro atoms. The molecule has 0 bridgehead atoms. The van der Waals surface area contributed by atoms with Crippen molar-refractivity contribution in [3.05, 3.63) is 65.2 Å². The predicted octanol–water partition coefficient (Wildman–Crippen LogP) is 6.08. The maximum atomic E-state index is 11.2. The first kappa shape index (κ1) is 20.8. The molecule has 2 aromatic carbocycles. The Balaban J connectivity index is 1.99. The van der Waals surface area contributed by atoms with Gasteiger partial charge >= 0.3 is 11.9 Å². The van der Waals surface area contributed by atoms with E-state index in [1.165, 1.54) is 57.1 Å². The number of benzene rings is 2. The van der Waals surface area contributed by atoms with Gasteiger partial charge in [-0.1, -0.05) is 49.1 Å². The van der Waals surface area contributed by atoms with E-state index >= 15 is 0 Å². The molecule has 0 heterocycles. The van der Waals surface area contributed by atoms with Crippen LogP contribution >= 0.6 is 0 Å². The molecule has 3 rings (SSSR count). The SMILES string of the molecule is CC(=O)Oc1ccc(C(=C2CCCCCCC2)c2ccc(OC(C)=O)cc2)cc1. The molecule has 0 unspecified atom stereocenters. The van der Waals surface area contributed by atoms with Crippen LogP contribution in [0.25, 0.3) is 5.57 Å². The molecule has 0 amide bonds. The van der Waals surface area contributed by atoms with Crippen LogP contribution in [-0.4, -0.2) is 11.9 Å². The van der Waals surface area contributed by atoms with Crippen LogP contribution in [0.15, 0.2) is 54.1 Å². The van der Waals surface area contributed by atoms with Gasteiger partial charge in [-0.15, -0.1) is 0 Å². The molecular formula is C25H28O4. The van der Waals surface area contributed by atoms with Gasteiger partial charge in [0, 0.05) is 13.8 Å². The topological polar surface area (TPSA) is 52.6 Å². The molecule has 152 valence electrons. The van der Waals surface area contributed by atoms with E-state index in [2.05, 4.69) is 0 Å². The van der Waals surface area contributed by atoms with E-state index in [9.17, 15) is 9.59 Å². The molecule has 0 atom stereocenters.